The van der Waals surface area contributed by atoms with Crippen LogP contribution < -0.4 is 5.32 Å². The molecular formula is C16H28N4O. The average molecular weight is 292 g/mol. The van der Waals surface area contributed by atoms with Gasteiger partial charge in [-0.15, -0.1) is 0 Å². The number of piperidine rings is 1. The maximum absolute atomic E-state index is 12.7. The van der Waals surface area contributed by atoms with Crippen molar-refractivity contribution in [2.75, 3.05) is 26.2 Å². The Morgan fingerprint density at radius 1 is 1.33 bits per heavy atom. The van der Waals surface area contributed by atoms with Gasteiger partial charge in [0.15, 0.2) is 0 Å². The minimum absolute atomic E-state index is 0.144. The van der Waals surface area contributed by atoms with E-state index < -0.39 is 0 Å². The second-order valence-corrected chi connectivity index (χ2v) is 5.73. The van der Waals surface area contributed by atoms with E-state index in [0.29, 0.717) is 5.92 Å². The molecular weight excluding hydrogens is 264 g/mol. The molecule has 5 nitrogen and oxygen atoms in total. The number of aromatic nitrogens is 2. The fourth-order valence-electron chi connectivity index (χ4n) is 2.91. The van der Waals surface area contributed by atoms with E-state index in [1.54, 1.807) is 0 Å². The summed E-state index contributed by atoms with van der Waals surface area (Å²) in [4.78, 5) is 14.7. The van der Waals surface area contributed by atoms with Crippen LogP contribution in [0.1, 0.15) is 49.8 Å². The minimum Gasteiger partial charge on any atom is -0.337 e. The Morgan fingerprint density at radius 2 is 2.05 bits per heavy atom. The third-order valence-corrected chi connectivity index (χ3v) is 4.30. The molecule has 2 heterocycles. The Balaban J connectivity index is 1.97. The molecule has 0 spiro atoms. The van der Waals surface area contributed by atoms with Crippen molar-refractivity contribution < 1.29 is 4.79 Å². The molecule has 1 aliphatic heterocycles. The first-order chi connectivity index (χ1) is 10.2. The molecule has 1 aromatic heterocycles. The average Bonchev–Trinajstić information content (AvgIpc) is 2.96. The highest BCUT2D eigenvalue weighted by molar-refractivity contribution is 5.92. The van der Waals surface area contributed by atoms with E-state index in [1.165, 1.54) is 0 Å². The van der Waals surface area contributed by atoms with Gasteiger partial charge in [0.2, 0.25) is 0 Å². The number of carbonyl (C=O) groups is 1. The van der Waals surface area contributed by atoms with Crippen molar-refractivity contribution in [3.8, 4) is 0 Å². The van der Waals surface area contributed by atoms with E-state index in [1.807, 2.05) is 22.6 Å². The largest absolute Gasteiger partial charge is 0.337 e. The summed E-state index contributed by atoms with van der Waals surface area (Å²) in [5.41, 5.74) is 1.75. The molecule has 1 fully saturated rings. The first-order valence-electron chi connectivity index (χ1n) is 8.26. The van der Waals surface area contributed by atoms with Gasteiger partial charge < -0.3 is 10.2 Å². The second kappa shape index (κ2) is 7.59. The zero-order valence-corrected chi connectivity index (χ0v) is 13.6. The molecule has 0 unspecified atom stereocenters. The van der Waals surface area contributed by atoms with Crippen LogP contribution in [0.2, 0.25) is 0 Å². The maximum atomic E-state index is 12.7. The summed E-state index contributed by atoms with van der Waals surface area (Å²) in [6.07, 6.45) is 3.07. The Morgan fingerprint density at radius 3 is 2.62 bits per heavy atom. The SMILES string of the molecule is CCNCC1CCN(C(=O)c2cc(CC)nn2CC)CC1. The number of nitrogens with zero attached hydrogens (tertiary/aromatic N) is 3. The number of carbonyl (C=O) groups excluding carboxylic acids is 1. The Hall–Kier alpha value is -1.36. The van der Waals surface area contributed by atoms with Crippen LogP contribution in [0.3, 0.4) is 0 Å². The van der Waals surface area contributed by atoms with E-state index in [2.05, 4.69) is 24.3 Å². The van der Waals surface area contributed by atoms with Gasteiger partial charge in [0, 0.05) is 19.6 Å². The van der Waals surface area contributed by atoms with Crippen molar-refractivity contribution in [3.05, 3.63) is 17.5 Å². The molecule has 2 rings (SSSR count). The molecule has 0 saturated carbocycles. The Kier molecular flexibility index (Phi) is 5.79. The lowest BCUT2D eigenvalue weighted by atomic mass is 9.96. The zero-order chi connectivity index (χ0) is 15.2. The van der Waals surface area contributed by atoms with Crippen molar-refractivity contribution in [2.45, 2.75) is 46.6 Å². The van der Waals surface area contributed by atoms with Gasteiger partial charge in [-0.1, -0.05) is 13.8 Å². The van der Waals surface area contributed by atoms with Gasteiger partial charge in [-0.05, 0) is 51.3 Å². The molecule has 5 heteroatoms. The van der Waals surface area contributed by atoms with E-state index in [0.717, 1.165) is 63.4 Å². The van der Waals surface area contributed by atoms with Crippen LogP contribution in [0.5, 0.6) is 0 Å². The number of amides is 1. The topological polar surface area (TPSA) is 50.2 Å². The fraction of sp³-hybridized carbons (Fsp3) is 0.750. The summed E-state index contributed by atoms with van der Waals surface area (Å²) in [6.45, 7) is 10.8. The normalized spacial score (nSPS) is 16.4. The molecule has 1 aliphatic rings. The molecule has 0 aliphatic carbocycles. The lowest BCUT2D eigenvalue weighted by Gasteiger charge is -2.32. The zero-order valence-electron chi connectivity index (χ0n) is 13.6. The van der Waals surface area contributed by atoms with Crippen LogP contribution in [-0.2, 0) is 13.0 Å². The monoisotopic (exact) mass is 292 g/mol. The number of aryl methyl sites for hydroxylation is 2. The summed E-state index contributed by atoms with van der Waals surface area (Å²) in [5.74, 6) is 0.849. The molecule has 0 radical (unpaired) electrons. The van der Waals surface area contributed by atoms with Crippen molar-refractivity contribution in [3.63, 3.8) is 0 Å². The first-order valence-corrected chi connectivity index (χ1v) is 8.26. The molecule has 21 heavy (non-hydrogen) atoms. The molecule has 1 aromatic rings. The van der Waals surface area contributed by atoms with E-state index >= 15 is 0 Å². The van der Waals surface area contributed by atoms with Crippen LogP contribution in [0.25, 0.3) is 0 Å². The van der Waals surface area contributed by atoms with E-state index in [4.69, 9.17) is 0 Å². The van der Waals surface area contributed by atoms with Crippen molar-refractivity contribution >= 4 is 5.91 Å². The number of hydrogen-bond donors (Lipinski definition) is 1. The van der Waals surface area contributed by atoms with Crippen molar-refractivity contribution in [1.82, 2.24) is 20.0 Å². The van der Waals surface area contributed by atoms with Gasteiger partial charge in [-0.2, -0.15) is 5.10 Å². The van der Waals surface area contributed by atoms with Crippen LogP contribution >= 0.6 is 0 Å². The molecule has 1 saturated heterocycles. The van der Waals surface area contributed by atoms with Gasteiger partial charge in [-0.3, -0.25) is 9.48 Å². The predicted octanol–water partition coefficient (Wildman–Crippen LogP) is 1.93. The summed E-state index contributed by atoms with van der Waals surface area (Å²) < 4.78 is 1.84. The summed E-state index contributed by atoms with van der Waals surface area (Å²) >= 11 is 0. The summed E-state index contributed by atoms with van der Waals surface area (Å²) in [5, 5.41) is 7.88. The van der Waals surface area contributed by atoms with Gasteiger partial charge >= 0.3 is 0 Å². The minimum atomic E-state index is 0.144. The smallest absolute Gasteiger partial charge is 0.272 e. The fourth-order valence-corrected chi connectivity index (χ4v) is 2.91. The van der Waals surface area contributed by atoms with Gasteiger partial charge in [-0.25, -0.2) is 0 Å². The van der Waals surface area contributed by atoms with Crippen LogP contribution in [-0.4, -0.2) is 46.8 Å². The third kappa shape index (κ3) is 3.84. The quantitative estimate of drug-likeness (QED) is 0.871. The molecule has 0 bridgehead atoms. The first kappa shape index (κ1) is 16.0. The molecule has 1 N–H and O–H groups in total. The highest BCUT2D eigenvalue weighted by atomic mass is 16.2. The Bertz CT molecular complexity index is 461. The molecule has 0 atom stereocenters. The van der Waals surface area contributed by atoms with E-state index in [9.17, 15) is 4.79 Å². The second-order valence-electron chi connectivity index (χ2n) is 5.73. The van der Waals surface area contributed by atoms with Crippen LogP contribution in [0.4, 0.5) is 0 Å². The highest BCUT2D eigenvalue weighted by Gasteiger charge is 2.25. The summed E-state index contributed by atoms with van der Waals surface area (Å²) in [7, 11) is 0. The lowest BCUT2D eigenvalue weighted by Crippen LogP contribution is -2.41. The standard InChI is InChI=1S/C16H28N4O/c1-4-14-11-15(20(6-3)18-14)16(21)19-9-7-13(8-10-19)12-17-5-2/h11,13,17H,4-10,12H2,1-3H3. The summed E-state index contributed by atoms with van der Waals surface area (Å²) in [6, 6.07) is 1.95. The predicted molar refractivity (Wildman–Crippen MR) is 84.5 cm³/mol. The van der Waals surface area contributed by atoms with Gasteiger partial charge in [0.25, 0.3) is 5.91 Å². The molecule has 118 valence electrons. The third-order valence-electron chi connectivity index (χ3n) is 4.30. The number of likely N-dealkylation sites (tertiary alicyclic amines) is 1. The lowest BCUT2D eigenvalue weighted by molar-refractivity contribution is 0.0678. The number of rotatable bonds is 6. The number of nitrogens with one attached hydrogen (secondary N) is 1. The van der Waals surface area contributed by atoms with Gasteiger partial charge in [0.1, 0.15) is 5.69 Å². The van der Waals surface area contributed by atoms with Crippen LogP contribution in [0, 0.1) is 5.92 Å². The van der Waals surface area contributed by atoms with Crippen LogP contribution in [0.15, 0.2) is 6.07 Å². The highest BCUT2D eigenvalue weighted by Crippen LogP contribution is 2.19. The van der Waals surface area contributed by atoms with Gasteiger partial charge in [0.05, 0.1) is 5.69 Å². The van der Waals surface area contributed by atoms with Crippen molar-refractivity contribution in [1.29, 1.82) is 0 Å². The number of hydrogen-bond acceptors (Lipinski definition) is 3. The van der Waals surface area contributed by atoms with E-state index in [-0.39, 0.29) is 5.91 Å². The van der Waals surface area contributed by atoms with Crippen molar-refractivity contribution in [2.24, 2.45) is 5.92 Å². The maximum Gasteiger partial charge on any atom is 0.272 e. The molecule has 0 aromatic carbocycles. The molecule has 1 amide bonds. The Labute approximate surface area is 127 Å².